The minimum atomic E-state index is 0.235. The normalized spacial score (nSPS) is 8.31. The van der Waals surface area contributed by atoms with Crippen LogP contribution in [-0.4, -0.2) is 10.7 Å². The van der Waals surface area contributed by atoms with Gasteiger partial charge in [0.05, 0.1) is 11.3 Å². The first-order valence-electron chi connectivity index (χ1n) is 3.53. The van der Waals surface area contributed by atoms with Gasteiger partial charge in [-0.05, 0) is 6.07 Å². The summed E-state index contributed by atoms with van der Waals surface area (Å²) in [5.74, 6) is 6.27. The van der Waals surface area contributed by atoms with Gasteiger partial charge in [-0.25, -0.2) is 4.98 Å². The minimum absolute atomic E-state index is 0.235. The number of hydrogen-bond acceptors (Lipinski definition) is 4. The van der Waals surface area contributed by atoms with Gasteiger partial charge >= 0.3 is 0 Å². The van der Waals surface area contributed by atoms with E-state index in [0.717, 1.165) is 0 Å². The highest BCUT2D eigenvalue weighted by molar-refractivity contribution is 7.80. The maximum atomic E-state index is 8.64. The molecule has 0 aliphatic rings. The van der Waals surface area contributed by atoms with Gasteiger partial charge in [0.15, 0.2) is 0 Å². The summed E-state index contributed by atoms with van der Waals surface area (Å²) in [7, 11) is 0. The number of nitriles is 1. The predicted octanol–water partition coefficient (Wildman–Crippen LogP) is 0.817. The molecule has 0 unspecified atom stereocenters. The van der Waals surface area contributed by atoms with Crippen molar-refractivity contribution in [1.29, 1.82) is 5.26 Å². The molecule has 0 radical (unpaired) electrons. The number of nitrogen functional groups attached to an aromatic ring is 1. The van der Waals surface area contributed by atoms with Crippen LogP contribution in [-0.2, 0) is 0 Å². The number of nitrogens with two attached hydrogens (primary N) is 1. The van der Waals surface area contributed by atoms with Gasteiger partial charge < -0.3 is 5.73 Å². The van der Waals surface area contributed by atoms with E-state index in [1.54, 1.807) is 6.07 Å². The molecule has 0 saturated carbocycles. The molecule has 3 nitrogen and oxygen atoms in total. The Morgan fingerprint density at radius 3 is 3.00 bits per heavy atom. The Kier molecular flexibility index (Phi) is 3.19. The zero-order chi connectivity index (χ0) is 9.68. The van der Waals surface area contributed by atoms with Crippen LogP contribution in [0.25, 0.3) is 0 Å². The lowest BCUT2D eigenvalue weighted by atomic mass is 10.2. The Hall–Kier alpha value is -1.65. The smallest absolute Gasteiger partial charge is 0.141 e. The number of thiol groups is 1. The maximum absolute atomic E-state index is 8.64. The molecule has 0 aromatic carbocycles. The Labute approximate surface area is 82.0 Å². The average molecular weight is 189 g/mol. The molecule has 0 amide bonds. The average Bonchev–Trinajstić information content (AvgIpc) is 2.16. The van der Waals surface area contributed by atoms with E-state index in [2.05, 4.69) is 29.5 Å². The van der Waals surface area contributed by atoms with Crippen LogP contribution in [0.4, 0.5) is 5.82 Å². The molecule has 0 bridgehead atoms. The predicted molar refractivity (Wildman–Crippen MR) is 54.1 cm³/mol. The number of aromatic nitrogens is 1. The summed E-state index contributed by atoms with van der Waals surface area (Å²) in [6, 6.07) is 3.55. The van der Waals surface area contributed by atoms with Crippen LogP contribution in [0.5, 0.6) is 0 Å². The fraction of sp³-hybridized carbons (Fsp3) is 0.111. The van der Waals surface area contributed by atoms with E-state index < -0.39 is 0 Å². The molecule has 1 heterocycles. The van der Waals surface area contributed by atoms with Crippen LogP contribution in [0.2, 0.25) is 0 Å². The van der Waals surface area contributed by atoms with Crippen molar-refractivity contribution in [3.63, 3.8) is 0 Å². The van der Waals surface area contributed by atoms with Crippen LogP contribution in [0, 0.1) is 23.2 Å². The summed E-state index contributed by atoms with van der Waals surface area (Å²) in [6.45, 7) is 0. The van der Waals surface area contributed by atoms with Gasteiger partial charge in [-0.2, -0.15) is 17.9 Å². The van der Waals surface area contributed by atoms with Gasteiger partial charge in [0.25, 0.3) is 0 Å². The second-order valence-corrected chi connectivity index (χ2v) is 2.54. The summed E-state index contributed by atoms with van der Waals surface area (Å²) in [5.41, 5.74) is 6.46. The van der Waals surface area contributed by atoms with Gasteiger partial charge in [-0.3, -0.25) is 0 Å². The molecule has 2 N–H and O–H groups in total. The molecule has 1 aromatic heterocycles. The third-order valence-electron chi connectivity index (χ3n) is 1.35. The summed E-state index contributed by atoms with van der Waals surface area (Å²) >= 11 is 3.94. The third-order valence-corrected chi connectivity index (χ3v) is 1.51. The molecule has 1 rings (SSSR count). The van der Waals surface area contributed by atoms with Crippen molar-refractivity contribution in [2.75, 3.05) is 11.5 Å². The van der Waals surface area contributed by atoms with E-state index in [1.165, 1.54) is 6.20 Å². The Balaban J connectivity index is 3.08. The molecular formula is C9H7N3S. The second kappa shape index (κ2) is 4.39. The monoisotopic (exact) mass is 189 g/mol. The molecule has 4 heteroatoms. The fourth-order valence-corrected chi connectivity index (χ4v) is 0.854. The molecule has 0 aliphatic heterocycles. The van der Waals surface area contributed by atoms with Crippen molar-refractivity contribution in [3.8, 4) is 17.9 Å². The largest absolute Gasteiger partial charge is 0.383 e. The number of nitrogens with zero attached hydrogens (tertiary/aromatic N) is 2. The molecule has 0 saturated heterocycles. The first-order chi connectivity index (χ1) is 6.27. The molecular weight excluding hydrogens is 182 g/mol. The van der Waals surface area contributed by atoms with Crippen molar-refractivity contribution in [2.45, 2.75) is 0 Å². The van der Waals surface area contributed by atoms with E-state index >= 15 is 0 Å². The third kappa shape index (κ3) is 2.40. The number of anilines is 1. The zero-order valence-corrected chi connectivity index (χ0v) is 7.68. The van der Waals surface area contributed by atoms with Crippen molar-refractivity contribution in [2.24, 2.45) is 0 Å². The Morgan fingerprint density at radius 2 is 2.38 bits per heavy atom. The van der Waals surface area contributed by atoms with Crippen molar-refractivity contribution >= 4 is 18.4 Å². The van der Waals surface area contributed by atoms with Crippen LogP contribution in [0.15, 0.2) is 12.3 Å². The minimum Gasteiger partial charge on any atom is -0.383 e. The van der Waals surface area contributed by atoms with Crippen molar-refractivity contribution in [1.82, 2.24) is 4.98 Å². The molecule has 13 heavy (non-hydrogen) atoms. The summed E-state index contributed by atoms with van der Waals surface area (Å²) in [5, 5.41) is 8.64. The van der Waals surface area contributed by atoms with Gasteiger partial charge in [-0.15, -0.1) is 0 Å². The molecule has 1 aromatic rings. The molecule has 64 valence electrons. The number of hydrogen-bond donors (Lipinski definition) is 2. The number of rotatable bonds is 0. The molecule has 0 spiro atoms. The summed E-state index contributed by atoms with van der Waals surface area (Å²) < 4.78 is 0. The van der Waals surface area contributed by atoms with Gasteiger partial charge in [-0.1, -0.05) is 11.8 Å². The lowest BCUT2D eigenvalue weighted by molar-refractivity contribution is 1.30. The van der Waals surface area contributed by atoms with E-state index in [1.807, 2.05) is 6.07 Å². The van der Waals surface area contributed by atoms with Crippen LogP contribution < -0.4 is 5.73 Å². The Morgan fingerprint density at radius 1 is 1.62 bits per heavy atom. The highest BCUT2D eigenvalue weighted by atomic mass is 32.1. The van der Waals surface area contributed by atoms with Crippen LogP contribution in [0.3, 0.4) is 0 Å². The fourth-order valence-electron chi connectivity index (χ4n) is 0.775. The SMILES string of the molecule is N#Cc1cc(C#CCS)cnc1N. The zero-order valence-electron chi connectivity index (χ0n) is 6.78. The van der Waals surface area contributed by atoms with Gasteiger partial charge in [0.1, 0.15) is 11.9 Å². The molecule has 0 fully saturated rings. The van der Waals surface area contributed by atoms with Gasteiger partial charge in [0.2, 0.25) is 0 Å². The van der Waals surface area contributed by atoms with Gasteiger partial charge in [0, 0.05) is 11.8 Å². The summed E-state index contributed by atoms with van der Waals surface area (Å²) in [4.78, 5) is 3.83. The maximum Gasteiger partial charge on any atom is 0.141 e. The first-order valence-corrected chi connectivity index (χ1v) is 4.16. The second-order valence-electron chi connectivity index (χ2n) is 2.23. The number of pyridine rings is 1. The first kappa shape index (κ1) is 9.44. The lowest BCUT2D eigenvalue weighted by Gasteiger charge is -1.95. The lowest BCUT2D eigenvalue weighted by Crippen LogP contribution is -1.94. The highest BCUT2D eigenvalue weighted by Crippen LogP contribution is 2.07. The standard InChI is InChI=1S/C9H7N3S/c10-5-8-4-7(2-1-3-13)6-12-9(8)11/h4,6,13H,3H2,(H2,11,12). The van der Waals surface area contributed by atoms with E-state index in [-0.39, 0.29) is 5.82 Å². The van der Waals surface area contributed by atoms with E-state index in [4.69, 9.17) is 11.0 Å². The van der Waals surface area contributed by atoms with E-state index in [9.17, 15) is 0 Å². The highest BCUT2D eigenvalue weighted by Gasteiger charge is 1.98. The molecule has 0 atom stereocenters. The molecule has 0 aliphatic carbocycles. The van der Waals surface area contributed by atoms with Crippen molar-refractivity contribution < 1.29 is 0 Å². The Bertz CT molecular complexity index is 409. The van der Waals surface area contributed by atoms with Crippen LogP contribution in [0.1, 0.15) is 11.1 Å². The van der Waals surface area contributed by atoms with Crippen molar-refractivity contribution in [3.05, 3.63) is 23.4 Å². The van der Waals surface area contributed by atoms with E-state index in [0.29, 0.717) is 16.9 Å². The quantitative estimate of drug-likeness (QED) is 0.469. The topological polar surface area (TPSA) is 62.7 Å². The summed E-state index contributed by atoms with van der Waals surface area (Å²) in [6.07, 6.45) is 1.53. The van der Waals surface area contributed by atoms with Crippen LogP contribution >= 0.6 is 12.6 Å².